The van der Waals surface area contributed by atoms with Gasteiger partial charge in [0.2, 0.25) is 0 Å². The van der Waals surface area contributed by atoms with Gasteiger partial charge in [-0.25, -0.2) is 9.59 Å². The van der Waals surface area contributed by atoms with Gasteiger partial charge in [0.05, 0.1) is 35.7 Å². The lowest BCUT2D eigenvalue weighted by Crippen LogP contribution is -2.17. The molecule has 0 spiro atoms. The zero-order valence-corrected chi connectivity index (χ0v) is 16.8. The fourth-order valence-corrected chi connectivity index (χ4v) is 2.97. The Morgan fingerprint density at radius 2 is 1.33 bits per heavy atom. The molecule has 0 unspecified atom stereocenters. The Hall–Kier alpha value is -2.89. The monoisotopic (exact) mass is 370 g/mol. The third-order valence-corrected chi connectivity index (χ3v) is 4.19. The molecule has 0 saturated heterocycles. The van der Waals surface area contributed by atoms with E-state index >= 15 is 0 Å². The number of hydrogen-bond donors (Lipinski definition) is 0. The van der Waals surface area contributed by atoms with Crippen molar-refractivity contribution in [2.45, 2.75) is 27.7 Å². The molecular formula is C21H26N2O4. The van der Waals surface area contributed by atoms with E-state index in [-0.39, 0.29) is 13.2 Å². The van der Waals surface area contributed by atoms with Crippen molar-refractivity contribution in [3.05, 3.63) is 46.8 Å². The van der Waals surface area contributed by atoms with Crippen molar-refractivity contribution < 1.29 is 19.1 Å². The Balaban J connectivity index is 2.79. The number of rotatable bonds is 6. The van der Waals surface area contributed by atoms with Gasteiger partial charge in [-0.15, -0.1) is 0 Å². The molecule has 0 aliphatic heterocycles. The highest BCUT2D eigenvalue weighted by Crippen LogP contribution is 2.33. The van der Waals surface area contributed by atoms with Crippen molar-refractivity contribution in [1.82, 2.24) is 4.98 Å². The van der Waals surface area contributed by atoms with Crippen molar-refractivity contribution in [2.75, 3.05) is 32.2 Å². The molecule has 1 aromatic heterocycles. The van der Waals surface area contributed by atoms with Gasteiger partial charge in [0, 0.05) is 25.3 Å². The molecule has 0 N–H and O–H groups in total. The summed E-state index contributed by atoms with van der Waals surface area (Å²) in [5.74, 6) is -1.00. The average Bonchev–Trinajstić information content (AvgIpc) is 2.61. The molecule has 0 aliphatic rings. The quantitative estimate of drug-likeness (QED) is 0.721. The standard InChI is InChI=1S/C21H26N2O4/c1-7-26-20(24)17-13(3)22-14(4)18(21(25)27-8-2)19(17)15-9-11-16(12-10-15)23(5)6/h9-12H,7-8H2,1-6H3. The summed E-state index contributed by atoms with van der Waals surface area (Å²) in [6, 6.07) is 7.64. The van der Waals surface area contributed by atoms with Gasteiger partial charge in [-0.3, -0.25) is 4.98 Å². The molecule has 0 saturated carbocycles. The molecule has 0 radical (unpaired) electrons. The summed E-state index contributed by atoms with van der Waals surface area (Å²) in [5, 5.41) is 0. The first-order chi connectivity index (χ1) is 12.8. The van der Waals surface area contributed by atoms with Gasteiger partial charge >= 0.3 is 11.9 Å². The minimum absolute atomic E-state index is 0.236. The maximum atomic E-state index is 12.7. The van der Waals surface area contributed by atoms with Gasteiger partial charge in [-0.2, -0.15) is 0 Å². The zero-order valence-electron chi connectivity index (χ0n) is 16.8. The third-order valence-electron chi connectivity index (χ3n) is 4.19. The maximum Gasteiger partial charge on any atom is 0.340 e. The van der Waals surface area contributed by atoms with E-state index in [0.717, 1.165) is 11.3 Å². The van der Waals surface area contributed by atoms with E-state index in [0.29, 0.717) is 28.1 Å². The Labute approximate surface area is 160 Å². The van der Waals surface area contributed by atoms with Crippen LogP contribution in [0.1, 0.15) is 46.0 Å². The van der Waals surface area contributed by atoms with Crippen LogP contribution in [0.25, 0.3) is 11.1 Å². The van der Waals surface area contributed by atoms with Crippen LogP contribution in [0.3, 0.4) is 0 Å². The minimum atomic E-state index is -0.500. The fraction of sp³-hybridized carbons (Fsp3) is 0.381. The number of aromatic nitrogens is 1. The van der Waals surface area contributed by atoms with Crippen LogP contribution in [0.4, 0.5) is 5.69 Å². The van der Waals surface area contributed by atoms with Crippen LogP contribution in [0, 0.1) is 13.8 Å². The van der Waals surface area contributed by atoms with Crippen molar-refractivity contribution in [3.8, 4) is 11.1 Å². The second kappa shape index (κ2) is 8.66. The van der Waals surface area contributed by atoms with Crippen molar-refractivity contribution >= 4 is 17.6 Å². The molecule has 0 amide bonds. The summed E-state index contributed by atoms with van der Waals surface area (Å²) < 4.78 is 10.5. The van der Waals surface area contributed by atoms with Crippen LogP contribution >= 0.6 is 0 Å². The van der Waals surface area contributed by atoms with Gasteiger partial charge < -0.3 is 14.4 Å². The largest absolute Gasteiger partial charge is 0.462 e. The van der Waals surface area contributed by atoms with Gasteiger partial charge in [0.25, 0.3) is 0 Å². The van der Waals surface area contributed by atoms with E-state index in [1.807, 2.05) is 43.3 Å². The molecule has 144 valence electrons. The van der Waals surface area contributed by atoms with Crippen LogP contribution in [0.5, 0.6) is 0 Å². The number of ether oxygens (including phenoxy) is 2. The number of anilines is 1. The lowest BCUT2D eigenvalue weighted by molar-refractivity contribution is 0.0525. The SMILES string of the molecule is CCOC(=O)c1c(C)nc(C)c(C(=O)OCC)c1-c1ccc(N(C)C)cc1. The number of carbonyl (C=O) groups excluding carboxylic acids is 2. The Morgan fingerprint density at radius 3 is 1.70 bits per heavy atom. The normalized spacial score (nSPS) is 10.4. The van der Waals surface area contributed by atoms with E-state index in [9.17, 15) is 9.59 Å². The molecule has 1 aromatic carbocycles. The number of pyridine rings is 1. The van der Waals surface area contributed by atoms with Crippen LogP contribution in [-0.2, 0) is 9.47 Å². The highest BCUT2D eigenvalue weighted by Gasteiger charge is 2.27. The van der Waals surface area contributed by atoms with Crippen LogP contribution in [0.2, 0.25) is 0 Å². The molecule has 0 aliphatic carbocycles. The molecular weight excluding hydrogens is 344 g/mol. The smallest absolute Gasteiger partial charge is 0.340 e. The summed E-state index contributed by atoms with van der Waals surface area (Å²) in [6.45, 7) is 7.44. The Morgan fingerprint density at radius 1 is 0.889 bits per heavy atom. The summed E-state index contributed by atoms with van der Waals surface area (Å²) in [5.41, 5.74) is 3.88. The van der Waals surface area contributed by atoms with Crippen LogP contribution in [0.15, 0.2) is 24.3 Å². The first-order valence-corrected chi connectivity index (χ1v) is 8.94. The molecule has 0 bridgehead atoms. The highest BCUT2D eigenvalue weighted by molar-refractivity contribution is 6.07. The van der Waals surface area contributed by atoms with E-state index in [2.05, 4.69) is 4.98 Å². The molecule has 0 fully saturated rings. The Bertz CT molecular complexity index is 800. The highest BCUT2D eigenvalue weighted by atomic mass is 16.5. The second-order valence-electron chi connectivity index (χ2n) is 6.29. The number of benzene rings is 1. The molecule has 6 heteroatoms. The van der Waals surface area contributed by atoms with E-state index < -0.39 is 11.9 Å². The first kappa shape index (κ1) is 20.4. The fourth-order valence-electron chi connectivity index (χ4n) is 2.97. The van der Waals surface area contributed by atoms with Gasteiger partial charge in [-0.05, 0) is 45.4 Å². The maximum absolute atomic E-state index is 12.7. The third kappa shape index (κ3) is 4.27. The molecule has 0 atom stereocenters. The van der Waals surface area contributed by atoms with Crippen LogP contribution in [-0.4, -0.2) is 44.2 Å². The van der Waals surface area contributed by atoms with Gasteiger partial charge in [-0.1, -0.05) is 12.1 Å². The molecule has 1 heterocycles. The number of carbonyl (C=O) groups is 2. The number of aryl methyl sites for hydroxylation is 2. The zero-order chi connectivity index (χ0) is 20.1. The summed E-state index contributed by atoms with van der Waals surface area (Å²) >= 11 is 0. The van der Waals surface area contributed by atoms with E-state index in [1.54, 1.807) is 27.7 Å². The predicted molar refractivity (Wildman–Crippen MR) is 105 cm³/mol. The molecule has 2 rings (SSSR count). The second-order valence-corrected chi connectivity index (χ2v) is 6.29. The average molecular weight is 370 g/mol. The van der Waals surface area contributed by atoms with Crippen molar-refractivity contribution in [2.24, 2.45) is 0 Å². The number of esters is 2. The molecule has 2 aromatic rings. The van der Waals surface area contributed by atoms with Gasteiger partial charge in [0.1, 0.15) is 0 Å². The van der Waals surface area contributed by atoms with Crippen molar-refractivity contribution in [1.29, 1.82) is 0 Å². The lowest BCUT2D eigenvalue weighted by Gasteiger charge is -2.19. The molecule has 27 heavy (non-hydrogen) atoms. The Kier molecular flexibility index (Phi) is 6.55. The summed E-state index contributed by atoms with van der Waals surface area (Å²) in [4.78, 5) is 31.7. The first-order valence-electron chi connectivity index (χ1n) is 8.94. The summed E-state index contributed by atoms with van der Waals surface area (Å²) in [6.07, 6.45) is 0. The minimum Gasteiger partial charge on any atom is -0.462 e. The van der Waals surface area contributed by atoms with Gasteiger partial charge in [0.15, 0.2) is 0 Å². The van der Waals surface area contributed by atoms with Crippen LogP contribution < -0.4 is 4.90 Å². The predicted octanol–water partition coefficient (Wildman–Crippen LogP) is 3.78. The number of nitrogens with zero attached hydrogens (tertiary/aromatic N) is 2. The van der Waals surface area contributed by atoms with Crippen molar-refractivity contribution in [3.63, 3.8) is 0 Å². The topological polar surface area (TPSA) is 68.7 Å². The summed E-state index contributed by atoms with van der Waals surface area (Å²) in [7, 11) is 3.90. The molecule has 6 nitrogen and oxygen atoms in total. The van der Waals surface area contributed by atoms with E-state index in [1.165, 1.54) is 0 Å². The number of hydrogen-bond acceptors (Lipinski definition) is 6. The van der Waals surface area contributed by atoms with E-state index in [4.69, 9.17) is 9.47 Å². The lowest BCUT2D eigenvalue weighted by atomic mass is 9.92.